The Bertz CT molecular complexity index is 1630. The Morgan fingerprint density at radius 3 is 2.37 bits per heavy atom. The third kappa shape index (κ3) is 8.52. The first-order valence-electron chi connectivity index (χ1n) is 12.8. The van der Waals surface area contributed by atoms with Crippen molar-refractivity contribution in [3.63, 3.8) is 0 Å². The molecule has 0 saturated heterocycles. The summed E-state index contributed by atoms with van der Waals surface area (Å²) in [5.41, 5.74) is 3.61. The second-order valence-corrected chi connectivity index (χ2v) is 11.4. The summed E-state index contributed by atoms with van der Waals surface area (Å²) in [4.78, 5) is 12.0. The summed E-state index contributed by atoms with van der Waals surface area (Å²) >= 11 is 6.25. The normalized spacial score (nSPS) is 11.2. The SMILES string of the molecule is Cc1ccc(Cl)c(OCc2ccc(CCC(=O)NS(=O)(=O)c3ccc(F)c(F)c3)c(OCCc3ccccc3)c2)c1. The van der Waals surface area contributed by atoms with Crippen LogP contribution in [0, 0.1) is 18.6 Å². The minimum absolute atomic E-state index is 0.171. The summed E-state index contributed by atoms with van der Waals surface area (Å²) in [6, 6.07) is 22.9. The zero-order valence-corrected chi connectivity index (χ0v) is 23.8. The van der Waals surface area contributed by atoms with Gasteiger partial charge >= 0.3 is 0 Å². The van der Waals surface area contributed by atoms with Gasteiger partial charge in [0, 0.05) is 12.8 Å². The molecule has 41 heavy (non-hydrogen) atoms. The zero-order valence-electron chi connectivity index (χ0n) is 22.2. The molecule has 10 heteroatoms. The van der Waals surface area contributed by atoms with Crippen LogP contribution in [0.1, 0.15) is 28.7 Å². The van der Waals surface area contributed by atoms with Crippen molar-refractivity contribution >= 4 is 27.5 Å². The van der Waals surface area contributed by atoms with Crippen LogP contribution in [-0.4, -0.2) is 20.9 Å². The first kappa shape index (κ1) is 30.0. The van der Waals surface area contributed by atoms with Gasteiger partial charge in [-0.25, -0.2) is 21.9 Å². The topological polar surface area (TPSA) is 81.7 Å². The summed E-state index contributed by atoms with van der Waals surface area (Å²) in [7, 11) is -4.37. The molecule has 6 nitrogen and oxygen atoms in total. The summed E-state index contributed by atoms with van der Waals surface area (Å²) in [6.07, 6.45) is 0.643. The van der Waals surface area contributed by atoms with Gasteiger partial charge in [-0.1, -0.05) is 60.1 Å². The maximum atomic E-state index is 13.5. The van der Waals surface area contributed by atoms with E-state index in [9.17, 15) is 22.0 Å². The number of hydrogen-bond donors (Lipinski definition) is 1. The van der Waals surface area contributed by atoms with E-state index in [4.69, 9.17) is 21.1 Å². The average Bonchev–Trinajstić information content (AvgIpc) is 2.94. The lowest BCUT2D eigenvalue weighted by atomic mass is 10.1. The molecule has 0 saturated carbocycles. The highest BCUT2D eigenvalue weighted by molar-refractivity contribution is 7.90. The van der Waals surface area contributed by atoms with E-state index < -0.39 is 32.5 Å². The van der Waals surface area contributed by atoms with Crippen LogP contribution in [-0.2, 0) is 34.3 Å². The summed E-state index contributed by atoms with van der Waals surface area (Å²) in [5.74, 6) is -2.22. The molecule has 0 atom stereocenters. The Balaban J connectivity index is 1.45. The number of benzene rings is 4. The van der Waals surface area contributed by atoms with E-state index in [0.717, 1.165) is 22.8 Å². The van der Waals surface area contributed by atoms with Crippen molar-refractivity contribution in [3.05, 3.63) is 124 Å². The van der Waals surface area contributed by atoms with E-state index in [1.807, 2.05) is 66.2 Å². The van der Waals surface area contributed by atoms with Crippen molar-refractivity contribution in [3.8, 4) is 11.5 Å². The van der Waals surface area contributed by atoms with Gasteiger partial charge in [-0.05, 0) is 72.0 Å². The third-order valence-electron chi connectivity index (χ3n) is 6.17. The number of carbonyl (C=O) groups excluding carboxylic acids is 1. The van der Waals surface area contributed by atoms with Crippen LogP contribution in [0.4, 0.5) is 8.78 Å². The summed E-state index contributed by atoms with van der Waals surface area (Å²) in [5, 5.41) is 0.496. The second-order valence-electron chi connectivity index (χ2n) is 9.35. The Hall–Kier alpha value is -3.95. The van der Waals surface area contributed by atoms with Gasteiger partial charge in [0.1, 0.15) is 18.1 Å². The number of carbonyl (C=O) groups is 1. The monoisotopic (exact) mass is 599 g/mol. The van der Waals surface area contributed by atoms with Crippen molar-refractivity contribution in [2.45, 2.75) is 37.7 Å². The molecular formula is C31H28ClF2NO5S. The molecule has 4 aromatic rings. The molecule has 0 aliphatic rings. The predicted octanol–water partition coefficient (Wildman–Crippen LogP) is 6.56. The molecule has 0 bridgehead atoms. The minimum atomic E-state index is -4.37. The molecule has 1 amide bonds. The standard InChI is InChI=1S/C31H28ClF2NO5S/c1-21-7-12-26(32)30(17-21)40-20-23-8-9-24(29(18-23)39-16-15-22-5-3-2-4-6-22)10-14-31(36)35-41(37,38)25-11-13-27(33)28(34)19-25/h2-9,11-13,17-19H,10,14-16,20H2,1H3,(H,35,36). The number of halogens is 3. The smallest absolute Gasteiger partial charge is 0.264 e. The molecule has 1 N–H and O–H groups in total. The van der Waals surface area contributed by atoms with Gasteiger partial charge in [-0.3, -0.25) is 4.79 Å². The van der Waals surface area contributed by atoms with E-state index in [0.29, 0.717) is 47.2 Å². The molecule has 0 spiro atoms. The molecule has 0 unspecified atom stereocenters. The molecule has 0 aromatic heterocycles. The number of ether oxygens (including phenoxy) is 2. The van der Waals surface area contributed by atoms with E-state index >= 15 is 0 Å². The fraction of sp³-hybridized carbons (Fsp3) is 0.194. The maximum absolute atomic E-state index is 13.5. The highest BCUT2D eigenvalue weighted by Crippen LogP contribution is 2.28. The number of nitrogens with one attached hydrogen (secondary N) is 1. The Labute approximate surface area is 242 Å². The highest BCUT2D eigenvalue weighted by atomic mass is 35.5. The maximum Gasteiger partial charge on any atom is 0.264 e. The molecule has 214 valence electrons. The van der Waals surface area contributed by atoms with Crippen LogP contribution >= 0.6 is 11.6 Å². The van der Waals surface area contributed by atoms with Gasteiger partial charge in [-0.2, -0.15) is 0 Å². The largest absolute Gasteiger partial charge is 0.493 e. The molecular weight excluding hydrogens is 572 g/mol. The van der Waals surface area contributed by atoms with E-state index in [1.54, 1.807) is 12.1 Å². The second kappa shape index (κ2) is 13.6. The van der Waals surface area contributed by atoms with Crippen molar-refractivity contribution in [1.29, 1.82) is 0 Å². The quantitative estimate of drug-likeness (QED) is 0.199. The first-order valence-corrected chi connectivity index (χ1v) is 14.6. The Morgan fingerprint density at radius 2 is 1.61 bits per heavy atom. The first-order chi connectivity index (χ1) is 19.6. The zero-order chi connectivity index (χ0) is 29.4. The summed E-state index contributed by atoms with van der Waals surface area (Å²) in [6.45, 7) is 2.54. The molecule has 0 heterocycles. The van der Waals surface area contributed by atoms with Crippen LogP contribution in [0.2, 0.25) is 5.02 Å². The van der Waals surface area contributed by atoms with Crippen LogP contribution in [0.15, 0.2) is 89.8 Å². The molecule has 4 rings (SSSR count). The van der Waals surface area contributed by atoms with E-state index in [-0.39, 0.29) is 19.4 Å². The number of rotatable bonds is 12. The van der Waals surface area contributed by atoms with Gasteiger partial charge in [-0.15, -0.1) is 0 Å². The highest BCUT2D eigenvalue weighted by Gasteiger charge is 2.20. The number of amides is 1. The summed E-state index contributed by atoms with van der Waals surface area (Å²) < 4.78 is 65.6. The molecule has 0 aliphatic carbocycles. The van der Waals surface area contributed by atoms with Crippen molar-refractivity contribution in [2.75, 3.05) is 6.61 Å². The van der Waals surface area contributed by atoms with Gasteiger partial charge in [0.25, 0.3) is 10.0 Å². The van der Waals surface area contributed by atoms with Crippen molar-refractivity contribution < 1.29 is 31.5 Å². The van der Waals surface area contributed by atoms with Crippen LogP contribution in [0.25, 0.3) is 0 Å². The Kier molecular flexibility index (Phi) is 9.96. The molecule has 4 aromatic carbocycles. The number of aryl methyl sites for hydroxylation is 2. The lowest BCUT2D eigenvalue weighted by Gasteiger charge is -2.15. The van der Waals surface area contributed by atoms with Crippen LogP contribution < -0.4 is 14.2 Å². The van der Waals surface area contributed by atoms with Crippen LogP contribution in [0.5, 0.6) is 11.5 Å². The Morgan fingerprint density at radius 1 is 0.829 bits per heavy atom. The van der Waals surface area contributed by atoms with Crippen molar-refractivity contribution in [2.24, 2.45) is 0 Å². The number of sulfonamides is 1. The minimum Gasteiger partial charge on any atom is -0.493 e. The third-order valence-corrected chi connectivity index (χ3v) is 7.86. The predicted molar refractivity (Wildman–Crippen MR) is 153 cm³/mol. The van der Waals surface area contributed by atoms with E-state index in [2.05, 4.69) is 0 Å². The van der Waals surface area contributed by atoms with E-state index in [1.165, 1.54) is 0 Å². The van der Waals surface area contributed by atoms with Gasteiger partial charge in [0.2, 0.25) is 5.91 Å². The fourth-order valence-electron chi connectivity index (χ4n) is 3.99. The molecule has 0 aliphatic heterocycles. The molecule has 0 radical (unpaired) electrons. The lowest BCUT2D eigenvalue weighted by molar-refractivity contribution is -0.119. The lowest BCUT2D eigenvalue weighted by Crippen LogP contribution is -2.30. The molecule has 0 fully saturated rings. The van der Waals surface area contributed by atoms with Crippen LogP contribution in [0.3, 0.4) is 0 Å². The van der Waals surface area contributed by atoms with Gasteiger partial charge < -0.3 is 9.47 Å². The van der Waals surface area contributed by atoms with Gasteiger partial charge in [0.15, 0.2) is 11.6 Å². The average molecular weight is 600 g/mol. The van der Waals surface area contributed by atoms with Crippen molar-refractivity contribution in [1.82, 2.24) is 4.72 Å². The fourth-order valence-corrected chi connectivity index (χ4v) is 5.19. The van der Waals surface area contributed by atoms with Gasteiger partial charge in [0.05, 0.1) is 16.5 Å². The number of hydrogen-bond acceptors (Lipinski definition) is 5.